The van der Waals surface area contributed by atoms with Crippen LogP contribution in [0.1, 0.15) is 25.7 Å². The topological polar surface area (TPSA) is 49.3 Å². The minimum absolute atomic E-state index is 0.0151. The number of piperidine rings is 1. The van der Waals surface area contributed by atoms with Crippen LogP contribution in [0, 0.1) is 17.2 Å². The summed E-state index contributed by atoms with van der Waals surface area (Å²) in [4.78, 5) is 23.4. The standard InChI is InChI=1S/C16H19F3N4O/c17-12-7-20-14(21-8-12)23-5-3-15(10-23)9-22(6-4-16(15,18)19)13(24)11-1-2-11/h7-8,11H,1-6,9-10H2. The smallest absolute Gasteiger partial charge is 0.258 e. The fraction of sp³-hybridized carbons (Fsp3) is 0.688. The number of rotatable bonds is 2. The molecule has 1 amide bonds. The van der Waals surface area contributed by atoms with Crippen LogP contribution in [0.25, 0.3) is 0 Å². The van der Waals surface area contributed by atoms with Crippen LogP contribution >= 0.6 is 0 Å². The van der Waals surface area contributed by atoms with E-state index in [0.29, 0.717) is 6.54 Å². The zero-order chi connectivity index (χ0) is 16.9. The van der Waals surface area contributed by atoms with Gasteiger partial charge in [0.2, 0.25) is 11.9 Å². The van der Waals surface area contributed by atoms with Crippen LogP contribution in [-0.4, -0.2) is 52.9 Å². The maximum atomic E-state index is 14.7. The van der Waals surface area contributed by atoms with Gasteiger partial charge in [-0.15, -0.1) is 0 Å². The molecular weight excluding hydrogens is 321 g/mol. The molecule has 1 aromatic rings. The Balaban J connectivity index is 1.55. The summed E-state index contributed by atoms with van der Waals surface area (Å²) < 4.78 is 42.4. The second kappa shape index (κ2) is 5.32. The van der Waals surface area contributed by atoms with Gasteiger partial charge in [-0.2, -0.15) is 0 Å². The number of carbonyl (C=O) groups is 1. The summed E-state index contributed by atoms with van der Waals surface area (Å²) in [5.74, 6) is -3.08. The first-order chi connectivity index (χ1) is 11.4. The normalized spacial score (nSPS) is 29.3. The average molecular weight is 340 g/mol. The maximum Gasteiger partial charge on any atom is 0.258 e. The lowest BCUT2D eigenvalue weighted by molar-refractivity contribution is -0.169. The largest absolute Gasteiger partial charge is 0.341 e. The second-order valence-electron chi connectivity index (χ2n) is 7.14. The van der Waals surface area contributed by atoms with Crippen molar-refractivity contribution >= 4 is 11.9 Å². The molecule has 24 heavy (non-hydrogen) atoms. The number of halogens is 3. The molecule has 0 bridgehead atoms. The van der Waals surface area contributed by atoms with E-state index in [9.17, 15) is 18.0 Å². The minimum atomic E-state index is -2.83. The van der Waals surface area contributed by atoms with Gasteiger partial charge in [0.15, 0.2) is 5.82 Å². The zero-order valence-corrected chi connectivity index (χ0v) is 13.2. The highest BCUT2D eigenvalue weighted by Gasteiger charge is 2.60. The van der Waals surface area contributed by atoms with Gasteiger partial charge in [-0.3, -0.25) is 4.79 Å². The molecule has 2 saturated heterocycles. The van der Waals surface area contributed by atoms with Crippen molar-refractivity contribution in [1.29, 1.82) is 0 Å². The molecular formula is C16H19F3N4O. The molecule has 1 saturated carbocycles. The minimum Gasteiger partial charge on any atom is -0.341 e. The highest BCUT2D eigenvalue weighted by Crippen LogP contribution is 2.50. The first kappa shape index (κ1) is 15.7. The molecule has 1 spiro atoms. The van der Waals surface area contributed by atoms with E-state index in [-0.39, 0.29) is 50.2 Å². The number of likely N-dealkylation sites (tertiary alicyclic amines) is 1. The average Bonchev–Trinajstić information content (AvgIpc) is 3.31. The third kappa shape index (κ3) is 2.52. The molecule has 5 nitrogen and oxygen atoms in total. The molecule has 1 aromatic heterocycles. The van der Waals surface area contributed by atoms with Gasteiger partial charge in [-0.25, -0.2) is 23.1 Å². The van der Waals surface area contributed by atoms with Crippen molar-refractivity contribution in [3.05, 3.63) is 18.2 Å². The number of hydrogen-bond acceptors (Lipinski definition) is 4. The Morgan fingerprint density at radius 1 is 1.12 bits per heavy atom. The van der Waals surface area contributed by atoms with Crippen LogP contribution in [0.5, 0.6) is 0 Å². The Kier molecular flexibility index (Phi) is 3.47. The number of nitrogens with zero attached hydrogens (tertiary/aromatic N) is 4. The summed E-state index contributed by atoms with van der Waals surface area (Å²) >= 11 is 0. The molecule has 130 valence electrons. The summed E-state index contributed by atoms with van der Waals surface area (Å²) in [6.07, 6.45) is 3.78. The van der Waals surface area contributed by atoms with Gasteiger partial charge in [-0.05, 0) is 19.3 Å². The van der Waals surface area contributed by atoms with Gasteiger partial charge < -0.3 is 9.80 Å². The van der Waals surface area contributed by atoms with Gasteiger partial charge >= 0.3 is 0 Å². The van der Waals surface area contributed by atoms with Crippen LogP contribution < -0.4 is 4.90 Å². The van der Waals surface area contributed by atoms with E-state index in [4.69, 9.17) is 0 Å². The number of carbonyl (C=O) groups excluding carboxylic acids is 1. The molecule has 8 heteroatoms. The SMILES string of the molecule is O=C(C1CC1)N1CCC(F)(F)C2(CCN(c3ncc(F)cn3)C2)C1. The highest BCUT2D eigenvalue weighted by atomic mass is 19.3. The summed E-state index contributed by atoms with van der Waals surface area (Å²) in [6, 6.07) is 0. The second-order valence-corrected chi connectivity index (χ2v) is 7.14. The Bertz CT molecular complexity index is 649. The summed E-state index contributed by atoms with van der Waals surface area (Å²) in [6.45, 7) is 0.664. The van der Waals surface area contributed by atoms with Gasteiger partial charge in [0.05, 0.1) is 17.8 Å². The van der Waals surface area contributed by atoms with Crippen molar-refractivity contribution in [1.82, 2.24) is 14.9 Å². The zero-order valence-electron chi connectivity index (χ0n) is 13.2. The first-order valence-electron chi connectivity index (χ1n) is 8.29. The summed E-state index contributed by atoms with van der Waals surface area (Å²) in [5, 5.41) is 0. The predicted molar refractivity (Wildman–Crippen MR) is 80.1 cm³/mol. The van der Waals surface area contributed by atoms with Crippen molar-refractivity contribution < 1.29 is 18.0 Å². The lowest BCUT2D eigenvalue weighted by Gasteiger charge is -2.46. The van der Waals surface area contributed by atoms with Crippen molar-refractivity contribution in [3.63, 3.8) is 0 Å². The molecule has 0 aromatic carbocycles. The van der Waals surface area contributed by atoms with Gasteiger partial charge in [-0.1, -0.05) is 0 Å². The Morgan fingerprint density at radius 3 is 2.50 bits per heavy atom. The number of aromatic nitrogens is 2. The van der Waals surface area contributed by atoms with Crippen LogP contribution in [0.3, 0.4) is 0 Å². The predicted octanol–water partition coefficient (Wildman–Crippen LogP) is 2.09. The number of alkyl halides is 2. The lowest BCUT2D eigenvalue weighted by atomic mass is 9.75. The molecule has 3 fully saturated rings. The molecule has 0 N–H and O–H groups in total. The van der Waals surface area contributed by atoms with E-state index < -0.39 is 17.2 Å². The molecule has 0 radical (unpaired) electrons. The first-order valence-corrected chi connectivity index (χ1v) is 8.29. The summed E-state index contributed by atoms with van der Waals surface area (Å²) in [5.41, 5.74) is -1.27. The Hall–Kier alpha value is -1.86. The molecule has 3 aliphatic rings. The van der Waals surface area contributed by atoms with Crippen LogP contribution in [0.4, 0.5) is 19.1 Å². The van der Waals surface area contributed by atoms with Crippen molar-refractivity contribution in [2.45, 2.75) is 31.6 Å². The van der Waals surface area contributed by atoms with E-state index in [2.05, 4.69) is 9.97 Å². The van der Waals surface area contributed by atoms with E-state index in [1.807, 2.05) is 0 Å². The van der Waals surface area contributed by atoms with E-state index >= 15 is 0 Å². The summed E-state index contributed by atoms with van der Waals surface area (Å²) in [7, 11) is 0. The number of hydrogen-bond donors (Lipinski definition) is 0. The quantitative estimate of drug-likeness (QED) is 0.827. The lowest BCUT2D eigenvalue weighted by Crippen LogP contribution is -2.58. The maximum absolute atomic E-state index is 14.7. The van der Waals surface area contributed by atoms with Crippen LogP contribution in [-0.2, 0) is 4.79 Å². The van der Waals surface area contributed by atoms with E-state index in [0.717, 1.165) is 25.2 Å². The Morgan fingerprint density at radius 2 is 1.83 bits per heavy atom. The van der Waals surface area contributed by atoms with Crippen LogP contribution in [0.15, 0.2) is 12.4 Å². The van der Waals surface area contributed by atoms with E-state index in [1.165, 1.54) is 0 Å². The van der Waals surface area contributed by atoms with Gasteiger partial charge in [0, 0.05) is 38.5 Å². The molecule has 1 unspecified atom stereocenters. The molecule has 1 aliphatic carbocycles. The van der Waals surface area contributed by atoms with Gasteiger partial charge in [0.1, 0.15) is 0 Å². The third-order valence-corrected chi connectivity index (χ3v) is 5.45. The molecule has 4 rings (SSSR count). The fourth-order valence-corrected chi connectivity index (χ4v) is 3.82. The number of anilines is 1. The van der Waals surface area contributed by atoms with Gasteiger partial charge in [0.25, 0.3) is 5.92 Å². The fourth-order valence-electron chi connectivity index (χ4n) is 3.82. The van der Waals surface area contributed by atoms with Crippen LogP contribution in [0.2, 0.25) is 0 Å². The molecule has 3 heterocycles. The molecule has 1 atom stereocenters. The number of amides is 1. The van der Waals surface area contributed by atoms with Crippen molar-refractivity contribution in [2.75, 3.05) is 31.1 Å². The highest BCUT2D eigenvalue weighted by molar-refractivity contribution is 5.81. The third-order valence-electron chi connectivity index (χ3n) is 5.45. The monoisotopic (exact) mass is 340 g/mol. The van der Waals surface area contributed by atoms with E-state index in [1.54, 1.807) is 9.80 Å². The Labute approximate surface area is 137 Å². The van der Waals surface area contributed by atoms with Crippen molar-refractivity contribution in [3.8, 4) is 0 Å². The molecule has 2 aliphatic heterocycles. The van der Waals surface area contributed by atoms with Crippen molar-refractivity contribution in [2.24, 2.45) is 11.3 Å².